The molecular formula is C12H27N3. The van der Waals surface area contributed by atoms with Gasteiger partial charge in [-0.2, -0.15) is 0 Å². The van der Waals surface area contributed by atoms with Gasteiger partial charge in [-0.15, -0.1) is 0 Å². The molecule has 0 aromatic heterocycles. The topological polar surface area (TPSA) is 32.5 Å². The van der Waals surface area contributed by atoms with Crippen LogP contribution in [0.15, 0.2) is 0 Å². The van der Waals surface area contributed by atoms with Crippen LogP contribution < -0.4 is 5.73 Å². The predicted octanol–water partition coefficient (Wildman–Crippen LogP) is 1.14. The fraction of sp³-hybridized carbons (Fsp3) is 1.00. The summed E-state index contributed by atoms with van der Waals surface area (Å²) in [6, 6.07) is 0.811. The molecule has 3 heteroatoms. The summed E-state index contributed by atoms with van der Waals surface area (Å²) >= 11 is 0. The zero-order valence-electron chi connectivity index (χ0n) is 10.4. The standard InChI is InChI=1S/C12H27N3/c1-3-4-8-14(2)12-5-9-15(10-6-12)11-7-13/h12H,3-11,13H2,1-2H3. The Morgan fingerprint density at radius 1 is 1.33 bits per heavy atom. The fourth-order valence-corrected chi connectivity index (χ4v) is 2.36. The lowest BCUT2D eigenvalue weighted by Crippen LogP contribution is -2.44. The van der Waals surface area contributed by atoms with Gasteiger partial charge in [0.1, 0.15) is 0 Å². The number of rotatable bonds is 6. The highest BCUT2D eigenvalue weighted by molar-refractivity contribution is 4.78. The predicted molar refractivity (Wildman–Crippen MR) is 66.1 cm³/mol. The van der Waals surface area contributed by atoms with Crippen LogP contribution in [0.25, 0.3) is 0 Å². The monoisotopic (exact) mass is 213 g/mol. The summed E-state index contributed by atoms with van der Waals surface area (Å²) in [6.07, 6.45) is 5.27. The summed E-state index contributed by atoms with van der Waals surface area (Å²) in [5.41, 5.74) is 5.57. The largest absolute Gasteiger partial charge is 0.329 e. The summed E-state index contributed by atoms with van der Waals surface area (Å²) in [5.74, 6) is 0. The van der Waals surface area contributed by atoms with E-state index in [2.05, 4.69) is 23.8 Å². The Hall–Kier alpha value is -0.120. The molecular weight excluding hydrogens is 186 g/mol. The number of piperidine rings is 1. The molecule has 1 aliphatic rings. The summed E-state index contributed by atoms with van der Waals surface area (Å²) < 4.78 is 0. The van der Waals surface area contributed by atoms with Gasteiger partial charge < -0.3 is 15.5 Å². The summed E-state index contributed by atoms with van der Waals surface area (Å²) in [5, 5.41) is 0. The Morgan fingerprint density at radius 3 is 2.53 bits per heavy atom. The van der Waals surface area contributed by atoms with Gasteiger partial charge in [-0.05, 0) is 45.9 Å². The van der Waals surface area contributed by atoms with Gasteiger partial charge in [-0.25, -0.2) is 0 Å². The maximum absolute atomic E-state index is 5.57. The van der Waals surface area contributed by atoms with E-state index in [0.29, 0.717) is 0 Å². The molecule has 1 aliphatic heterocycles. The van der Waals surface area contributed by atoms with Gasteiger partial charge >= 0.3 is 0 Å². The number of hydrogen-bond donors (Lipinski definition) is 1. The van der Waals surface area contributed by atoms with Gasteiger partial charge in [-0.1, -0.05) is 13.3 Å². The third-order valence-corrected chi connectivity index (χ3v) is 3.49. The van der Waals surface area contributed by atoms with Crippen LogP contribution in [0.1, 0.15) is 32.6 Å². The Labute approximate surface area is 94.6 Å². The van der Waals surface area contributed by atoms with Crippen molar-refractivity contribution in [3.63, 3.8) is 0 Å². The quantitative estimate of drug-likeness (QED) is 0.718. The number of nitrogens with two attached hydrogens (primary N) is 1. The normalized spacial score (nSPS) is 20.0. The average molecular weight is 213 g/mol. The van der Waals surface area contributed by atoms with E-state index < -0.39 is 0 Å². The van der Waals surface area contributed by atoms with Crippen LogP contribution in [0.5, 0.6) is 0 Å². The molecule has 1 saturated heterocycles. The molecule has 0 unspecified atom stereocenters. The molecule has 0 radical (unpaired) electrons. The molecule has 0 aromatic rings. The van der Waals surface area contributed by atoms with Crippen molar-refractivity contribution in [1.82, 2.24) is 9.80 Å². The Bertz CT molecular complexity index is 153. The van der Waals surface area contributed by atoms with Crippen LogP contribution in [0.2, 0.25) is 0 Å². The smallest absolute Gasteiger partial charge is 0.0117 e. The van der Waals surface area contributed by atoms with Crippen molar-refractivity contribution in [2.45, 2.75) is 38.6 Å². The van der Waals surface area contributed by atoms with Gasteiger partial charge in [0.25, 0.3) is 0 Å². The van der Waals surface area contributed by atoms with Crippen molar-refractivity contribution in [2.75, 3.05) is 39.8 Å². The van der Waals surface area contributed by atoms with Crippen molar-refractivity contribution in [2.24, 2.45) is 5.73 Å². The SMILES string of the molecule is CCCCN(C)C1CCN(CCN)CC1. The molecule has 1 heterocycles. The zero-order valence-corrected chi connectivity index (χ0v) is 10.4. The first-order valence-corrected chi connectivity index (χ1v) is 6.40. The molecule has 0 bridgehead atoms. The lowest BCUT2D eigenvalue weighted by atomic mass is 10.0. The van der Waals surface area contributed by atoms with Gasteiger partial charge in [0, 0.05) is 19.1 Å². The Morgan fingerprint density at radius 2 is 2.00 bits per heavy atom. The van der Waals surface area contributed by atoms with E-state index in [9.17, 15) is 0 Å². The third-order valence-electron chi connectivity index (χ3n) is 3.49. The molecule has 0 spiro atoms. The molecule has 1 rings (SSSR count). The molecule has 2 N–H and O–H groups in total. The van der Waals surface area contributed by atoms with Crippen molar-refractivity contribution in [3.05, 3.63) is 0 Å². The zero-order chi connectivity index (χ0) is 11.1. The highest BCUT2D eigenvalue weighted by Crippen LogP contribution is 2.15. The number of unbranched alkanes of at least 4 members (excludes halogenated alkanes) is 1. The molecule has 0 aromatic carbocycles. The second kappa shape index (κ2) is 7.20. The Balaban J connectivity index is 2.18. The van der Waals surface area contributed by atoms with Crippen LogP contribution in [-0.4, -0.2) is 55.6 Å². The first-order chi connectivity index (χ1) is 7.27. The van der Waals surface area contributed by atoms with Crippen molar-refractivity contribution in [3.8, 4) is 0 Å². The lowest BCUT2D eigenvalue weighted by molar-refractivity contribution is 0.129. The second-order valence-corrected chi connectivity index (χ2v) is 4.70. The van der Waals surface area contributed by atoms with E-state index in [1.807, 2.05) is 0 Å². The summed E-state index contributed by atoms with van der Waals surface area (Å²) in [6.45, 7) is 7.87. The summed E-state index contributed by atoms with van der Waals surface area (Å²) in [4.78, 5) is 5.04. The van der Waals surface area contributed by atoms with Crippen LogP contribution in [0.4, 0.5) is 0 Å². The van der Waals surface area contributed by atoms with E-state index in [-0.39, 0.29) is 0 Å². The molecule has 0 aliphatic carbocycles. The van der Waals surface area contributed by atoms with Gasteiger partial charge in [0.2, 0.25) is 0 Å². The average Bonchev–Trinajstić information content (AvgIpc) is 2.27. The molecule has 90 valence electrons. The van der Waals surface area contributed by atoms with Gasteiger partial charge in [-0.3, -0.25) is 0 Å². The maximum Gasteiger partial charge on any atom is 0.0117 e. The minimum Gasteiger partial charge on any atom is -0.329 e. The Kier molecular flexibility index (Phi) is 6.22. The molecule has 15 heavy (non-hydrogen) atoms. The third kappa shape index (κ3) is 4.49. The molecule has 3 nitrogen and oxygen atoms in total. The lowest BCUT2D eigenvalue weighted by Gasteiger charge is -2.36. The molecule has 0 saturated carbocycles. The minimum atomic E-state index is 0.802. The van der Waals surface area contributed by atoms with E-state index in [4.69, 9.17) is 5.73 Å². The first-order valence-electron chi connectivity index (χ1n) is 6.40. The maximum atomic E-state index is 5.57. The fourth-order valence-electron chi connectivity index (χ4n) is 2.36. The van der Waals surface area contributed by atoms with E-state index in [1.165, 1.54) is 45.3 Å². The van der Waals surface area contributed by atoms with Gasteiger partial charge in [0.05, 0.1) is 0 Å². The highest BCUT2D eigenvalue weighted by atomic mass is 15.2. The summed E-state index contributed by atoms with van der Waals surface area (Å²) in [7, 11) is 2.28. The second-order valence-electron chi connectivity index (χ2n) is 4.70. The van der Waals surface area contributed by atoms with E-state index >= 15 is 0 Å². The van der Waals surface area contributed by atoms with Gasteiger partial charge in [0.15, 0.2) is 0 Å². The van der Waals surface area contributed by atoms with E-state index in [1.54, 1.807) is 0 Å². The highest BCUT2D eigenvalue weighted by Gasteiger charge is 2.21. The molecule has 0 atom stereocenters. The number of nitrogens with zero attached hydrogens (tertiary/aromatic N) is 2. The van der Waals surface area contributed by atoms with Crippen LogP contribution in [0, 0.1) is 0 Å². The van der Waals surface area contributed by atoms with Crippen molar-refractivity contribution < 1.29 is 0 Å². The van der Waals surface area contributed by atoms with Crippen molar-refractivity contribution >= 4 is 0 Å². The van der Waals surface area contributed by atoms with Crippen LogP contribution >= 0.6 is 0 Å². The van der Waals surface area contributed by atoms with Crippen LogP contribution in [0.3, 0.4) is 0 Å². The first kappa shape index (κ1) is 12.9. The van der Waals surface area contributed by atoms with E-state index in [0.717, 1.165) is 19.1 Å². The molecule has 0 amide bonds. The van der Waals surface area contributed by atoms with Crippen LogP contribution in [-0.2, 0) is 0 Å². The molecule has 1 fully saturated rings. The number of hydrogen-bond acceptors (Lipinski definition) is 3. The number of likely N-dealkylation sites (tertiary alicyclic amines) is 1. The van der Waals surface area contributed by atoms with Crippen molar-refractivity contribution in [1.29, 1.82) is 0 Å². The minimum absolute atomic E-state index is 0.802.